The smallest absolute Gasteiger partial charge is 0.255 e. The summed E-state index contributed by atoms with van der Waals surface area (Å²) in [6, 6.07) is 6.93. The zero-order valence-corrected chi connectivity index (χ0v) is 11.3. The SMILES string of the molecule is CN(C)C(=O)c1ccccc1NC(=O)C1CCCN1. The molecule has 1 unspecified atom stereocenters. The van der Waals surface area contributed by atoms with E-state index in [1.165, 1.54) is 4.90 Å². The van der Waals surface area contributed by atoms with Gasteiger partial charge in [0.1, 0.15) is 0 Å². The Labute approximate surface area is 113 Å². The minimum Gasteiger partial charge on any atom is -0.345 e. The first-order chi connectivity index (χ1) is 9.09. The highest BCUT2D eigenvalue weighted by Crippen LogP contribution is 2.17. The predicted molar refractivity (Wildman–Crippen MR) is 74.1 cm³/mol. The summed E-state index contributed by atoms with van der Waals surface area (Å²) in [7, 11) is 3.39. The lowest BCUT2D eigenvalue weighted by Crippen LogP contribution is -2.36. The molecule has 1 aromatic carbocycles. The first-order valence-electron chi connectivity index (χ1n) is 6.44. The molecule has 102 valence electrons. The number of rotatable bonds is 3. The Morgan fingerprint density at radius 3 is 2.68 bits per heavy atom. The Morgan fingerprint density at radius 2 is 2.05 bits per heavy atom. The number of carbonyl (C=O) groups is 2. The highest BCUT2D eigenvalue weighted by Gasteiger charge is 2.23. The lowest BCUT2D eigenvalue weighted by molar-refractivity contribution is -0.117. The van der Waals surface area contributed by atoms with Gasteiger partial charge in [0.05, 0.1) is 17.3 Å². The van der Waals surface area contributed by atoms with Crippen LogP contribution >= 0.6 is 0 Å². The van der Waals surface area contributed by atoms with E-state index in [1.54, 1.807) is 32.3 Å². The fourth-order valence-corrected chi connectivity index (χ4v) is 2.15. The van der Waals surface area contributed by atoms with Crippen molar-refractivity contribution >= 4 is 17.5 Å². The molecule has 0 radical (unpaired) electrons. The molecule has 1 atom stereocenters. The van der Waals surface area contributed by atoms with Gasteiger partial charge in [-0.05, 0) is 31.5 Å². The standard InChI is InChI=1S/C14H19N3O2/c1-17(2)14(19)10-6-3-4-7-11(10)16-13(18)12-8-5-9-15-12/h3-4,6-7,12,15H,5,8-9H2,1-2H3,(H,16,18). The van der Waals surface area contributed by atoms with Crippen LogP contribution in [0.3, 0.4) is 0 Å². The van der Waals surface area contributed by atoms with Gasteiger partial charge in [0.2, 0.25) is 5.91 Å². The second-order valence-electron chi connectivity index (χ2n) is 4.88. The van der Waals surface area contributed by atoms with Crippen molar-refractivity contribution in [1.29, 1.82) is 0 Å². The van der Waals surface area contributed by atoms with Crippen LogP contribution in [0.4, 0.5) is 5.69 Å². The molecule has 2 rings (SSSR count). The molecule has 19 heavy (non-hydrogen) atoms. The van der Waals surface area contributed by atoms with Gasteiger partial charge < -0.3 is 15.5 Å². The average Bonchev–Trinajstić information content (AvgIpc) is 2.92. The van der Waals surface area contributed by atoms with Crippen molar-refractivity contribution in [2.75, 3.05) is 26.0 Å². The van der Waals surface area contributed by atoms with Gasteiger partial charge in [0.25, 0.3) is 5.91 Å². The van der Waals surface area contributed by atoms with E-state index in [0.29, 0.717) is 11.3 Å². The maximum atomic E-state index is 12.1. The van der Waals surface area contributed by atoms with Crippen molar-refractivity contribution in [2.45, 2.75) is 18.9 Å². The summed E-state index contributed by atoms with van der Waals surface area (Å²) in [5.74, 6) is -0.188. The average molecular weight is 261 g/mol. The predicted octanol–water partition coefficient (Wildman–Crippen LogP) is 1.08. The van der Waals surface area contributed by atoms with Crippen LogP contribution in [-0.2, 0) is 4.79 Å². The molecular formula is C14H19N3O2. The fourth-order valence-electron chi connectivity index (χ4n) is 2.15. The second-order valence-corrected chi connectivity index (χ2v) is 4.88. The van der Waals surface area contributed by atoms with Crippen LogP contribution in [0.15, 0.2) is 24.3 Å². The highest BCUT2D eigenvalue weighted by atomic mass is 16.2. The molecular weight excluding hydrogens is 242 g/mol. The number of carbonyl (C=O) groups excluding carboxylic acids is 2. The normalized spacial score (nSPS) is 18.1. The van der Waals surface area contributed by atoms with Gasteiger partial charge in [0.15, 0.2) is 0 Å². The summed E-state index contributed by atoms with van der Waals surface area (Å²) in [4.78, 5) is 25.6. The molecule has 0 spiro atoms. The van der Waals surface area contributed by atoms with Crippen molar-refractivity contribution in [3.63, 3.8) is 0 Å². The third kappa shape index (κ3) is 3.12. The summed E-state index contributed by atoms with van der Waals surface area (Å²) in [5, 5.41) is 5.98. The fraction of sp³-hybridized carbons (Fsp3) is 0.429. The van der Waals surface area contributed by atoms with Crippen LogP contribution in [0.1, 0.15) is 23.2 Å². The van der Waals surface area contributed by atoms with Crippen LogP contribution in [0, 0.1) is 0 Å². The Hall–Kier alpha value is -1.88. The zero-order valence-electron chi connectivity index (χ0n) is 11.3. The topological polar surface area (TPSA) is 61.4 Å². The van der Waals surface area contributed by atoms with Gasteiger partial charge >= 0.3 is 0 Å². The van der Waals surface area contributed by atoms with E-state index < -0.39 is 0 Å². The van der Waals surface area contributed by atoms with Gasteiger partial charge in [-0.25, -0.2) is 0 Å². The van der Waals surface area contributed by atoms with E-state index in [2.05, 4.69) is 10.6 Å². The Balaban J connectivity index is 2.15. The van der Waals surface area contributed by atoms with E-state index in [1.807, 2.05) is 6.07 Å². The summed E-state index contributed by atoms with van der Waals surface area (Å²) in [6.45, 7) is 0.871. The molecule has 0 saturated carbocycles. The maximum absolute atomic E-state index is 12.1. The lowest BCUT2D eigenvalue weighted by atomic mass is 10.1. The number of hydrogen-bond acceptors (Lipinski definition) is 3. The number of amides is 2. The molecule has 2 N–H and O–H groups in total. The van der Waals surface area contributed by atoms with Crippen molar-refractivity contribution in [2.24, 2.45) is 0 Å². The molecule has 0 aliphatic carbocycles. The van der Waals surface area contributed by atoms with Crippen LogP contribution in [-0.4, -0.2) is 43.4 Å². The molecule has 0 aromatic heterocycles. The van der Waals surface area contributed by atoms with Crippen molar-refractivity contribution in [1.82, 2.24) is 10.2 Å². The first-order valence-corrected chi connectivity index (χ1v) is 6.44. The molecule has 1 saturated heterocycles. The number of nitrogens with one attached hydrogen (secondary N) is 2. The van der Waals surface area contributed by atoms with Gasteiger partial charge in [-0.1, -0.05) is 12.1 Å². The first kappa shape index (κ1) is 13.5. The van der Waals surface area contributed by atoms with Crippen LogP contribution in [0.25, 0.3) is 0 Å². The Bertz CT molecular complexity index is 479. The molecule has 2 amide bonds. The van der Waals surface area contributed by atoms with E-state index in [9.17, 15) is 9.59 Å². The molecule has 1 fully saturated rings. The summed E-state index contributed by atoms with van der Waals surface area (Å²) >= 11 is 0. The van der Waals surface area contributed by atoms with Gasteiger partial charge in [-0.3, -0.25) is 9.59 Å². The van der Waals surface area contributed by atoms with Gasteiger partial charge in [-0.15, -0.1) is 0 Å². The maximum Gasteiger partial charge on any atom is 0.255 e. The third-order valence-electron chi connectivity index (χ3n) is 3.20. The van der Waals surface area contributed by atoms with Gasteiger partial charge in [0, 0.05) is 14.1 Å². The molecule has 5 nitrogen and oxygen atoms in total. The quantitative estimate of drug-likeness (QED) is 0.856. The van der Waals surface area contributed by atoms with Crippen molar-refractivity contribution in [3.05, 3.63) is 29.8 Å². The molecule has 5 heteroatoms. The number of hydrogen-bond donors (Lipinski definition) is 2. The van der Waals surface area contributed by atoms with E-state index in [0.717, 1.165) is 19.4 Å². The number of anilines is 1. The van der Waals surface area contributed by atoms with E-state index >= 15 is 0 Å². The molecule has 1 aliphatic rings. The Kier molecular flexibility index (Phi) is 4.16. The largest absolute Gasteiger partial charge is 0.345 e. The second kappa shape index (κ2) is 5.84. The number of nitrogens with zero attached hydrogens (tertiary/aromatic N) is 1. The van der Waals surface area contributed by atoms with Crippen LogP contribution in [0.5, 0.6) is 0 Å². The van der Waals surface area contributed by atoms with E-state index in [-0.39, 0.29) is 17.9 Å². The van der Waals surface area contributed by atoms with Crippen LogP contribution < -0.4 is 10.6 Å². The molecule has 0 bridgehead atoms. The zero-order chi connectivity index (χ0) is 13.8. The van der Waals surface area contributed by atoms with Gasteiger partial charge in [-0.2, -0.15) is 0 Å². The van der Waals surface area contributed by atoms with Crippen LogP contribution in [0.2, 0.25) is 0 Å². The highest BCUT2D eigenvalue weighted by molar-refractivity contribution is 6.04. The minimum absolute atomic E-state index is 0.0727. The summed E-state index contributed by atoms with van der Waals surface area (Å²) in [5.41, 5.74) is 1.08. The summed E-state index contributed by atoms with van der Waals surface area (Å²) < 4.78 is 0. The van der Waals surface area contributed by atoms with Crippen molar-refractivity contribution < 1.29 is 9.59 Å². The minimum atomic E-state index is -0.150. The number of benzene rings is 1. The lowest BCUT2D eigenvalue weighted by Gasteiger charge is -2.16. The van der Waals surface area contributed by atoms with Crippen molar-refractivity contribution in [3.8, 4) is 0 Å². The number of para-hydroxylation sites is 1. The molecule has 1 heterocycles. The molecule has 1 aliphatic heterocycles. The molecule has 1 aromatic rings. The third-order valence-corrected chi connectivity index (χ3v) is 3.20. The van der Waals surface area contributed by atoms with E-state index in [4.69, 9.17) is 0 Å². The Morgan fingerprint density at radius 1 is 1.32 bits per heavy atom. The monoisotopic (exact) mass is 261 g/mol. The summed E-state index contributed by atoms with van der Waals surface area (Å²) in [6.07, 6.45) is 1.85.